The first kappa shape index (κ1) is 11.8. The number of benzene rings is 1. The Morgan fingerprint density at radius 1 is 1.33 bits per heavy atom. The topological polar surface area (TPSA) is 45.0 Å². The van der Waals surface area contributed by atoms with E-state index in [1.165, 1.54) is 12.8 Å². The van der Waals surface area contributed by atoms with Crippen molar-refractivity contribution in [3.05, 3.63) is 28.8 Å². The van der Waals surface area contributed by atoms with Crippen LogP contribution in [-0.2, 0) is 4.74 Å². The molecule has 3 nitrogen and oxygen atoms in total. The molecule has 0 bridgehead atoms. The number of halogens is 1. The molecule has 2 unspecified atom stereocenters. The van der Waals surface area contributed by atoms with Crippen LogP contribution in [0.1, 0.15) is 24.8 Å². The predicted molar refractivity (Wildman–Crippen MR) is 70.7 cm³/mol. The van der Waals surface area contributed by atoms with Gasteiger partial charge in [0.15, 0.2) is 0 Å². The van der Waals surface area contributed by atoms with Gasteiger partial charge in [-0.3, -0.25) is 0 Å². The van der Waals surface area contributed by atoms with Gasteiger partial charge in [-0.05, 0) is 43.4 Å². The van der Waals surface area contributed by atoms with Crippen LogP contribution in [0.2, 0.25) is 5.02 Å². The summed E-state index contributed by atoms with van der Waals surface area (Å²) in [6.45, 7) is 0.814. The van der Waals surface area contributed by atoms with Gasteiger partial charge in [-0.25, -0.2) is 0 Å². The summed E-state index contributed by atoms with van der Waals surface area (Å²) in [4.78, 5) is 0. The Morgan fingerprint density at radius 2 is 2.17 bits per heavy atom. The monoisotopic (exact) mass is 262 g/mol. The van der Waals surface area contributed by atoms with E-state index in [0.717, 1.165) is 18.7 Å². The van der Waals surface area contributed by atoms with E-state index in [1.807, 2.05) is 12.1 Å². The maximum Gasteiger partial charge on any atom is 0.101 e. The van der Waals surface area contributed by atoms with Crippen molar-refractivity contribution < 1.29 is 4.74 Å². The van der Waals surface area contributed by atoms with Gasteiger partial charge in [0.25, 0.3) is 0 Å². The largest absolute Gasteiger partial charge is 0.379 e. The Hall–Kier alpha value is -1.24. The molecule has 0 radical (unpaired) electrons. The summed E-state index contributed by atoms with van der Waals surface area (Å²) in [7, 11) is 0. The summed E-state index contributed by atoms with van der Waals surface area (Å²) in [6.07, 6.45) is 3.87. The lowest BCUT2D eigenvalue weighted by molar-refractivity contribution is 0.0898. The van der Waals surface area contributed by atoms with Crippen LogP contribution in [0.5, 0.6) is 0 Å². The molecule has 18 heavy (non-hydrogen) atoms. The van der Waals surface area contributed by atoms with Crippen LogP contribution < -0.4 is 5.32 Å². The average Bonchev–Trinajstić information content (AvgIpc) is 3.12. The van der Waals surface area contributed by atoms with Gasteiger partial charge in [-0.15, -0.1) is 0 Å². The molecule has 1 saturated carbocycles. The van der Waals surface area contributed by atoms with Gasteiger partial charge in [0, 0.05) is 11.6 Å². The van der Waals surface area contributed by atoms with Crippen molar-refractivity contribution in [1.29, 1.82) is 5.26 Å². The third kappa shape index (κ3) is 2.31. The zero-order valence-electron chi connectivity index (χ0n) is 10.0. The molecular weight excluding hydrogens is 248 g/mol. The van der Waals surface area contributed by atoms with Crippen molar-refractivity contribution in [1.82, 2.24) is 0 Å². The van der Waals surface area contributed by atoms with Crippen LogP contribution in [0.25, 0.3) is 0 Å². The molecule has 1 saturated heterocycles. The van der Waals surface area contributed by atoms with E-state index >= 15 is 0 Å². The van der Waals surface area contributed by atoms with Crippen LogP contribution in [0.4, 0.5) is 5.69 Å². The summed E-state index contributed by atoms with van der Waals surface area (Å²) in [5.41, 5.74) is 1.46. The molecule has 1 aromatic carbocycles. The van der Waals surface area contributed by atoms with E-state index in [1.54, 1.807) is 6.07 Å². The fraction of sp³-hybridized carbons (Fsp3) is 0.500. The minimum absolute atomic E-state index is 0.312. The lowest BCUT2D eigenvalue weighted by atomic mass is 10.0. The molecule has 1 aliphatic carbocycles. The Kier molecular flexibility index (Phi) is 3.15. The minimum atomic E-state index is 0.312. The Bertz CT molecular complexity index is 493. The molecule has 1 heterocycles. The predicted octanol–water partition coefficient (Wildman–Crippen LogP) is 3.19. The number of anilines is 1. The maximum atomic E-state index is 9.12. The molecule has 4 heteroatoms. The second-order valence-electron chi connectivity index (χ2n) is 5.01. The van der Waals surface area contributed by atoms with Gasteiger partial charge in [-0.2, -0.15) is 5.26 Å². The maximum absolute atomic E-state index is 9.12. The number of hydrogen-bond donors (Lipinski definition) is 1. The van der Waals surface area contributed by atoms with E-state index in [4.69, 9.17) is 21.6 Å². The summed E-state index contributed by atoms with van der Waals surface area (Å²) < 4.78 is 5.79. The normalized spacial score (nSPS) is 26.9. The van der Waals surface area contributed by atoms with E-state index in [0.29, 0.717) is 28.6 Å². The van der Waals surface area contributed by atoms with Crippen LogP contribution >= 0.6 is 11.6 Å². The smallest absolute Gasteiger partial charge is 0.101 e. The van der Waals surface area contributed by atoms with Gasteiger partial charge >= 0.3 is 0 Å². The Balaban J connectivity index is 1.77. The van der Waals surface area contributed by atoms with Gasteiger partial charge in [0.05, 0.1) is 23.4 Å². The highest BCUT2D eigenvalue weighted by Crippen LogP contribution is 2.39. The third-order valence-electron chi connectivity index (χ3n) is 3.67. The summed E-state index contributed by atoms with van der Waals surface area (Å²) >= 11 is 5.90. The summed E-state index contributed by atoms with van der Waals surface area (Å²) in [5.74, 6) is 0.711. The molecule has 0 amide bonds. The summed E-state index contributed by atoms with van der Waals surface area (Å²) in [6, 6.07) is 7.90. The molecule has 1 aromatic rings. The lowest BCUT2D eigenvalue weighted by Crippen LogP contribution is -2.31. The number of hydrogen-bond acceptors (Lipinski definition) is 3. The van der Waals surface area contributed by atoms with E-state index in [2.05, 4.69) is 11.4 Å². The zero-order valence-corrected chi connectivity index (χ0v) is 10.8. The van der Waals surface area contributed by atoms with Crippen molar-refractivity contribution in [2.75, 3.05) is 11.9 Å². The van der Waals surface area contributed by atoms with Crippen LogP contribution in [0, 0.1) is 17.2 Å². The van der Waals surface area contributed by atoms with Crippen LogP contribution in [0.3, 0.4) is 0 Å². The summed E-state index contributed by atoms with van der Waals surface area (Å²) in [5, 5.41) is 13.2. The first-order valence-corrected chi connectivity index (χ1v) is 6.73. The first-order valence-electron chi connectivity index (χ1n) is 6.36. The molecule has 2 atom stereocenters. The third-order valence-corrected chi connectivity index (χ3v) is 3.90. The highest BCUT2D eigenvalue weighted by molar-refractivity contribution is 6.30. The molecule has 0 aromatic heterocycles. The van der Waals surface area contributed by atoms with Gasteiger partial charge in [0.2, 0.25) is 0 Å². The minimum Gasteiger partial charge on any atom is -0.379 e. The molecule has 2 aliphatic rings. The first-order chi connectivity index (χ1) is 8.78. The van der Waals surface area contributed by atoms with Crippen molar-refractivity contribution in [2.24, 2.45) is 5.92 Å². The second-order valence-corrected chi connectivity index (χ2v) is 5.45. The second kappa shape index (κ2) is 4.79. The lowest BCUT2D eigenvalue weighted by Gasteiger charge is -2.21. The van der Waals surface area contributed by atoms with E-state index < -0.39 is 0 Å². The molecule has 3 rings (SSSR count). The van der Waals surface area contributed by atoms with E-state index in [-0.39, 0.29) is 0 Å². The van der Waals surface area contributed by atoms with Gasteiger partial charge in [0.1, 0.15) is 6.07 Å². The number of rotatable bonds is 3. The molecule has 0 spiro atoms. The molecular formula is C14H15ClN2O. The quantitative estimate of drug-likeness (QED) is 0.910. The molecule has 2 fully saturated rings. The molecule has 1 N–H and O–H groups in total. The standard InChI is InChI=1S/C14H15ClN2O/c15-11-3-4-12(10(7-11)8-16)17-13-5-6-18-14(13)9-1-2-9/h3-4,7,9,13-14,17H,1-2,5-6H2. The number of ether oxygens (including phenoxy) is 1. The SMILES string of the molecule is N#Cc1cc(Cl)ccc1NC1CCOC1C1CC1. The fourth-order valence-corrected chi connectivity index (χ4v) is 2.76. The Morgan fingerprint density at radius 3 is 2.89 bits per heavy atom. The highest BCUT2D eigenvalue weighted by Gasteiger charge is 2.40. The number of nitrogens with one attached hydrogen (secondary N) is 1. The van der Waals surface area contributed by atoms with Gasteiger partial charge < -0.3 is 10.1 Å². The van der Waals surface area contributed by atoms with Crippen molar-refractivity contribution in [2.45, 2.75) is 31.4 Å². The van der Waals surface area contributed by atoms with Crippen molar-refractivity contribution >= 4 is 17.3 Å². The van der Waals surface area contributed by atoms with E-state index in [9.17, 15) is 0 Å². The van der Waals surface area contributed by atoms with Crippen molar-refractivity contribution in [3.8, 4) is 6.07 Å². The molecule has 1 aliphatic heterocycles. The zero-order chi connectivity index (χ0) is 12.5. The van der Waals surface area contributed by atoms with Crippen LogP contribution in [0.15, 0.2) is 18.2 Å². The van der Waals surface area contributed by atoms with Gasteiger partial charge in [-0.1, -0.05) is 11.6 Å². The van der Waals surface area contributed by atoms with Crippen LogP contribution in [-0.4, -0.2) is 18.8 Å². The highest BCUT2D eigenvalue weighted by atomic mass is 35.5. The van der Waals surface area contributed by atoms with Crippen molar-refractivity contribution in [3.63, 3.8) is 0 Å². The fourth-order valence-electron chi connectivity index (χ4n) is 2.59. The number of nitrogens with zero attached hydrogens (tertiary/aromatic N) is 1. The average molecular weight is 263 g/mol. The molecule has 94 valence electrons. The number of nitriles is 1. The Labute approximate surface area is 112 Å².